The van der Waals surface area contributed by atoms with Crippen LogP contribution in [0.15, 0.2) is 0 Å². The molecule has 0 aromatic carbocycles. The van der Waals surface area contributed by atoms with Gasteiger partial charge in [0.15, 0.2) is 0 Å². The number of carbonyl (C=O) groups is 4. The van der Waals surface area contributed by atoms with Gasteiger partial charge in [-0.2, -0.15) is 0 Å². The second-order valence-electron chi connectivity index (χ2n) is 9.04. The zero-order valence-electron chi connectivity index (χ0n) is 21.8. The number of nitrogens with one attached hydrogen (secondary N) is 2. The zero-order valence-corrected chi connectivity index (χ0v) is 21.8. The molecule has 6 atom stereocenters. The maximum Gasteiger partial charge on any atom is 0.242 e. The molecule has 1 aliphatic rings. The second kappa shape index (κ2) is 14.9. The van der Waals surface area contributed by atoms with Crippen molar-refractivity contribution in [3.05, 3.63) is 0 Å². The molecule has 0 aliphatic carbocycles. The lowest BCUT2D eigenvalue weighted by molar-refractivity contribution is -0.145. The third-order valence-electron chi connectivity index (χ3n) is 6.99. The molecule has 2 N–H and O–H groups in total. The van der Waals surface area contributed by atoms with Crippen LogP contribution in [0.2, 0.25) is 0 Å². The van der Waals surface area contributed by atoms with Crippen LogP contribution in [-0.2, 0) is 28.7 Å². The lowest BCUT2D eigenvalue weighted by Crippen LogP contribution is -2.54. The highest BCUT2D eigenvalue weighted by Gasteiger charge is 2.41. The lowest BCUT2D eigenvalue weighted by atomic mass is 9.90. The average Bonchev–Trinajstić information content (AvgIpc) is 3.31. The standard InChI is InChI=1S/C24H44N4O6/c1-8-16(3)22(27(5)21(31)14-25-15-29)19(33-6)13-20(30)28-12-10-11-18(28)23(34-7)17(4)24(32)26-9-2/h15-19,22-23H,8-14H2,1-7H3,(H,25,29)(H,26,32)/t16?,17?,18-,19?,22?,23?/m0/s1. The Morgan fingerprint density at radius 2 is 1.85 bits per heavy atom. The first-order chi connectivity index (χ1) is 16.2. The van der Waals surface area contributed by atoms with Gasteiger partial charge >= 0.3 is 0 Å². The van der Waals surface area contributed by atoms with Gasteiger partial charge in [-0.25, -0.2) is 0 Å². The third kappa shape index (κ3) is 7.66. The predicted molar refractivity (Wildman–Crippen MR) is 129 cm³/mol. The Balaban J connectivity index is 3.05. The van der Waals surface area contributed by atoms with Crippen molar-refractivity contribution in [3.63, 3.8) is 0 Å². The van der Waals surface area contributed by atoms with Crippen LogP contribution in [0.1, 0.15) is 53.4 Å². The number of methoxy groups -OCH3 is 2. The van der Waals surface area contributed by atoms with E-state index in [-0.39, 0.29) is 48.7 Å². The van der Waals surface area contributed by atoms with E-state index in [0.717, 1.165) is 19.3 Å². The van der Waals surface area contributed by atoms with Crippen molar-refractivity contribution in [2.45, 2.75) is 77.7 Å². The van der Waals surface area contributed by atoms with E-state index in [2.05, 4.69) is 10.6 Å². The molecule has 196 valence electrons. The SMILES string of the molecule is CCNC(=O)C(C)C(OC)[C@@H]1CCCN1C(=O)CC(OC)C(C(C)CC)N(C)C(=O)CNC=O. The summed E-state index contributed by atoms with van der Waals surface area (Å²) in [5.74, 6) is -0.754. The van der Waals surface area contributed by atoms with Crippen molar-refractivity contribution in [2.75, 3.05) is 40.9 Å². The van der Waals surface area contributed by atoms with Crippen LogP contribution in [0.3, 0.4) is 0 Å². The summed E-state index contributed by atoms with van der Waals surface area (Å²) in [7, 11) is 4.80. The molecule has 5 unspecified atom stereocenters. The van der Waals surface area contributed by atoms with Crippen molar-refractivity contribution in [2.24, 2.45) is 11.8 Å². The Morgan fingerprint density at radius 3 is 2.38 bits per heavy atom. The highest BCUT2D eigenvalue weighted by atomic mass is 16.5. The summed E-state index contributed by atoms with van der Waals surface area (Å²) in [6.07, 6.45) is 2.05. The Morgan fingerprint density at radius 1 is 1.18 bits per heavy atom. The first kappa shape index (κ1) is 29.8. The van der Waals surface area contributed by atoms with E-state index >= 15 is 0 Å². The van der Waals surface area contributed by atoms with E-state index in [1.807, 2.05) is 27.7 Å². The smallest absolute Gasteiger partial charge is 0.242 e. The number of nitrogens with zero attached hydrogens (tertiary/aromatic N) is 2. The summed E-state index contributed by atoms with van der Waals surface area (Å²) in [6, 6.07) is -0.542. The fourth-order valence-corrected chi connectivity index (χ4v) is 4.91. The van der Waals surface area contributed by atoms with E-state index in [9.17, 15) is 19.2 Å². The molecule has 10 heteroatoms. The zero-order chi connectivity index (χ0) is 25.8. The number of carbonyl (C=O) groups excluding carboxylic acids is 4. The summed E-state index contributed by atoms with van der Waals surface area (Å²) in [6.45, 7) is 8.75. The van der Waals surface area contributed by atoms with Gasteiger partial charge in [-0.1, -0.05) is 27.2 Å². The summed E-state index contributed by atoms with van der Waals surface area (Å²) < 4.78 is 11.5. The molecule has 0 aromatic rings. The second-order valence-corrected chi connectivity index (χ2v) is 9.04. The van der Waals surface area contributed by atoms with Gasteiger partial charge in [-0.15, -0.1) is 0 Å². The first-order valence-electron chi connectivity index (χ1n) is 12.2. The molecule has 1 aliphatic heterocycles. The number of likely N-dealkylation sites (tertiary alicyclic amines) is 1. The summed E-state index contributed by atoms with van der Waals surface area (Å²) >= 11 is 0. The van der Waals surface area contributed by atoms with Gasteiger partial charge in [-0.05, 0) is 25.7 Å². The molecule has 1 rings (SSSR count). The topological polar surface area (TPSA) is 117 Å². The minimum Gasteiger partial charge on any atom is -0.379 e. The summed E-state index contributed by atoms with van der Waals surface area (Å²) in [5.41, 5.74) is 0. The molecular weight excluding hydrogens is 440 g/mol. The van der Waals surface area contributed by atoms with Gasteiger partial charge in [0, 0.05) is 34.4 Å². The predicted octanol–water partition coefficient (Wildman–Crippen LogP) is 0.789. The molecule has 0 aromatic heterocycles. The fraction of sp³-hybridized carbons (Fsp3) is 0.833. The minimum atomic E-state index is -0.518. The van der Waals surface area contributed by atoms with Crippen LogP contribution in [-0.4, -0.2) is 99.1 Å². The van der Waals surface area contributed by atoms with E-state index in [0.29, 0.717) is 19.5 Å². The lowest BCUT2D eigenvalue weighted by Gasteiger charge is -2.39. The van der Waals surface area contributed by atoms with Crippen molar-refractivity contribution >= 4 is 24.1 Å². The maximum atomic E-state index is 13.5. The van der Waals surface area contributed by atoms with Crippen LogP contribution in [0.4, 0.5) is 0 Å². The van der Waals surface area contributed by atoms with Crippen molar-refractivity contribution in [1.29, 1.82) is 0 Å². The molecule has 0 saturated carbocycles. The van der Waals surface area contributed by atoms with Crippen LogP contribution >= 0.6 is 0 Å². The van der Waals surface area contributed by atoms with Crippen LogP contribution in [0, 0.1) is 11.8 Å². The third-order valence-corrected chi connectivity index (χ3v) is 6.99. The molecule has 1 fully saturated rings. The van der Waals surface area contributed by atoms with Gasteiger partial charge in [0.25, 0.3) is 0 Å². The van der Waals surface area contributed by atoms with Crippen LogP contribution in [0.5, 0.6) is 0 Å². The maximum absolute atomic E-state index is 13.5. The Hall–Kier alpha value is -2.20. The number of ether oxygens (including phenoxy) is 2. The highest BCUT2D eigenvalue weighted by Crippen LogP contribution is 2.29. The van der Waals surface area contributed by atoms with Gasteiger partial charge < -0.3 is 29.9 Å². The van der Waals surface area contributed by atoms with Gasteiger partial charge in [0.2, 0.25) is 24.1 Å². The number of amides is 4. The van der Waals surface area contributed by atoms with E-state index < -0.39 is 18.1 Å². The van der Waals surface area contributed by atoms with Crippen LogP contribution < -0.4 is 10.6 Å². The number of hydrogen-bond donors (Lipinski definition) is 2. The molecule has 0 spiro atoms. The summed E-state index contributed by atoms with van der Waals surface area (Å²) in [4.78, 5) is 52.5. The largest absolute Gasteiger partial charge is 0.379 e. The van der Waals surface area contributed by atoms with Crippen molar-refractivity contribution in [1.82, 2.24) is 20.4 Å². The van der Waals surface area contributed by atoms with E-state index in [1.165, 1.54) is 0 Å². The van der Waals surface area contributed by atoms with Crippen molar-refractivity contribution < 1.29 is 28.7 Å². The Labute approximate surface area is 204 Å². The van der Waals surface area contributed by atoms with E-state index in [1.54, 1.807) is 31.1 Å². The number of hydrogen-bond acceptors (Lipinski definition) is 6. The quantitative estimate of drug-likeness (QED) is 0.332. The monoisotopic (exact) mass is 484 g/mol. The molecular formula is C24H44N4O6. The molecule has 1 heterocycles. The van der Waals surface area contributed by atoms with E-state index in [4.69, 9.17) is 9.47 Å². The molecule has 10 nitrogen and oxygen atoms in total. The molecule has 1 saturated heterocycles. The Kier molecular flexibility index (Phi) is 13.1. The molecule has 0 radical (unpaired) electrons. The van der Waals surface area contributed by atoms with Gasteiger partial charge in [0.05, 0.1) is 43.2 Å². The van der Waals surface area contributed by atoms with Gasteiger partial charge in [0.1, 0.15) is 0 Å². The Bertz CT molecular complexity index is 676. The number of likely N-dealkylation sites (N-methyl/N-ethyl adjacent to an activating group) is 1. The van der Waals surface area contributed by atoms with Crippen LogP contribution in [0.25, 0.3) is 0 Å². The van der Waals surface area contributed by atoms with Crippen molar-refractivity contribution in [3.8, 4) is 0 Å². The summed E-state index contributed by atoms with van der Waals surface area (Å²) in [5, 5.41) is 5.24. The minimum absolute atomic E-state index is 0.0711. The molecule has 0 bridgehead atoms. The first-order valence-corrected chi connectivity index (χ1v) is 12.2. The molecule has 34 heavy (non-hydrogen) atoms. The highest BCUT2D eigenvalue weighted by molar-refractivity contribution is 5.81. The average molecular weight is 485 g/mol. The normalized spacial score (nSPS) is 20.1. The number of rotatable bonds is 15. The van der Waals surface area contributed by atoms with Gasteiger partial charge in [-0.3, -0.25) is 19.2 Å². The fourth-order valence-electron chi connectivity index (χ4n) is 4.91. The molecule has 4 amide bonds.